The summed E-state index contributed by atoms with van der Waals surface area (Å²) in [6.07, 6.45) is 9.15. The van der Waals surface area contributed by atoms with Crippen molar-refractivity contribution in [2.75, 3.05) is 0 Å². The molecular formula is C24H33N2O2+. The summed E-state index contributed by atoms with van der Waals surface area (Å²) in [5, 5.41) is 0. The number of hydrogen-bond acceptors (Lipinski definition) is 2. The van der Waals surface area contributed by atoms with Gasteiger partial charge in [-0.05, 0) is 25.7 Å². The molecule has 2 aromatic rings. The summed E-state index contributed by atoms with van der Waals surface area (Å²) < 4.78 is 4.22. The first kappa shape index (κ1) is 20.5. The maximum absolute atomic E-state index is 13.3. The van der Waals surface area contributed by atoms with E-state index in [1.807, 2.05) is 12.1 Å². The van der Waals surface area contributed by atoms with E-state index >= 15 is 0 Å². The van der Waals surface area contributed by atoms with Gasteiger partial charge in [-0.3, -0.25) is 9.59 Å². The molecular weight excluding hydrogens is 348 g/mol. The third-order valence-electron chi connectivity index (χ3n) is 5.86. The number of imidazole rings is 1. The second kappa shape index (κ2) is 9.31. The van der Waals surface area contributed by atoms with Crippen molar-refractivity contribution >= 4 is 11.6 Å². The third kappa shape index (κ3) is 3.82. The summed E-state index contributed by atoms with van der Waals surface area (Å²) in [5.41, 5.74) is 2.30. The van der Waals surface area contributed by atoms with Crippen molar-refractivity contribution in [1.82, 2.24) is 4.57 Å². The number of aromatic nitrogens is 2. The first-order valence-electron chi connectivity index (χ1n) is 10.9. The van der Waals surface area contributed by atoms with Crippen LogP contribution in [0.4, 0.5) is 0 Å². The first-order chi connectivity index (χ1) is 13.6. The minimum absolute atomic E-state index is 0.00361. The number of carbonyl (C=O) groups excluding carboxylic acids is 2. The predicted octanol–water partition coefficient (Wildman–Crippen LogP) is 5.02. The molecule has 1 heterocycles. The van der Waals surface area contributed by atoms with Crippen molar-refractivity contribution in [3.05, 3.63) is 52.6 Å². The summed E-state index contributed by atoms with van der Waals surface area (Å²) in [6.45, 7) is 8.07. The minimum atomic E-state index is -0.00361. The number of carbonyl (C=O) groups is 2. The smallest absolute Gasteiger partial charge is 0.254 e. The predicted molar refractivity (Wildman–Crippen MR) is 111 cm³/mol. The summed E-state index contributed by atoms with van der Waals surface area (Å²) in [7, 11) is 0. The topological polar surface area (TPSA) is 43.0 Å². The molecule has 0 bridgehead atoms. The van der Waals surface area contributed by atoms with Crippen LogP contribution in [0, 0.1) is 6.92 Å². The Hall–Kier alpha value is -2.23. The monoisotopic (exact) mass is 381 g/mol. The molecule has 0 spiro atoms. The van der Waals surface area contributed by atoms with E-state index in [1.165, 1.54) is 25.7 Å². The van der Waals surface area contributed by atoms with E-state index in [0.29, 0.717) is 22.5 Å². The largest absolute Gasteiger partial charge is 0.284 e. The van der Waals surface area contributed by atoms with E-state index in [4.69, 9.17) is 0 Å². The summed E-state index contributed by atoms with van der Waals surface area (Å²) in [6, 6.07) is 7.26. The van der Waals surface area contributed by atoms with E-state index < -0.39 is 0 Å². The van der Waals surface area contributed by atoms with Gasteiger partial charge in [0, 0.05) is 18.1 Å². The van der Waals surface area contributed by atoms with Gasteiger partial charge in [-0.2, -0.15) is 0 Å². The SMILES string of the molecule is CCCCCCn1c2c([n+](CCCCCC)c1C)C(=O)c1ccccc1C2=O. The van der Waals surface area contributed by atoms with Crippen LogP contribution in [0.1, 0.15) is 103 Å². The first-order valence-corrected chi connectivity index (χ1v) is 10.9. The fraction of sp³-hybridized carbons (Fsp3) is 0.542. The van der Waals surface area contributed by atoms with E-state index in [1.54, 1.807) is 12.1 Å². The highest BCUT2D eigenvalue weighted by molar-refractivity contribution is 6.26. The molecule has 0 unspecified atom stereocenters. The normalized spacial score (nSPS) is 13.0. The molecule has 0 aliphatic heterocycles. The fourth-order valence-electron chi connectivity index (χ4n) is 4.26. The molecule has 1 aromatic heterocycles. The van der Waals surface area contributed by atoms with Crippen LogP contribution in [0.2, 0.25) is 0 Å². The highest BCUT2D eigenvalue weighted by Gasteiger charge is 2.42. The number of benzene rings is 1. The van der Waals surface area contributed by atoms with Gasteiger partial charge in [0.25, 0.3) is 5.82 Å². The summed E-state index contributed by atoms with van der Waals surface area (Å²) in [5.74, 6) is 1.03. The average Bonchev–Trinajstić information content (AvgIpc) is 2.99. The fourth-order valence-corrected chi connectivity index (χ4v) is 4.26. The number of ketones is 2. The van der Waals surface area contributed by atoms with Crippen molar-refractivity contribution < 1.29 is 14.2 Å². The van der Waals surface area contributed by atoms with Crippen molar-refractivity contribution in [1.29, 1.82) is 0 Å². The third-order valence-corrected chi connectivity index (χ3v) is 5.86. The van der Waals surface area contributed by atoms with Gasteiger partial charge >= 0.3 is 0 Å². The molecule has 0 radical (unpaired) electrons. The molecule has 1 aromatic carbocycles. The number of nitrogens with zero attached hydrogens (tertiary/aromatic N) is 2. The molecule has 3 rings (SSSR count). The highest BCUT2D eigenvalue weighted by atomic mass is 16.1. The molecule has 0 amide bonds. The summed E-state index contributed by atoms with van der Waals surface area (Å²) in [4.78, 5) is 26.6. The number of hydrogen-bond donors (Lipinski definition) is 0. The molecule has 4 nitrogen and oxygen atoms in total. The van der Waals surface area contributed by atoms with Crippen LogP contribution in [0.15, 0.2) is 24.3 Å². The van der Waals surface area contributed by atoms with E-state index in [0.717, 1.165) is 44.6 Å². The summed E-state index contributed by atoms with van der Waals surface area (Å²) >= 11 is 0. The van der Waals surface area contributed by atoms with Gasteiger partial charge in [0.2, 0.25) is 23.0 Å². The van der Waals surface area contributed by atoms with Crippen LogP contribution >= 0.6 is 0 Å². The number of rotatable bonds is 10. The van der Waals surface area contributed by atoms with Crippen molar-refractivity contribution in [2.24, 2.45) is 0 Å². The quantitative estimate of drug-likeness (QED) is 0.365. The van der Waals surface area contributed by atoms with Crippen LogP contribution in [-0.4, -0.2) is 16.1 Å². The Morgan fingerprint density at radius 2 is 1.43 bits per heavy atom. The van der Waals surface area contributed by atoms with Gasteiger partial charge in [0.15, 0.2) is 0 Å². The lowest BCUT2D eigenvalue weighted by molar-refractivity contribution is -0.704. The number of fused-ring (bicyclic) bond motifs is 2. The van der Waals surface area contributed by atoms with Crippen LogP contribution in [0.25, 0.3) is 0 Å². The van der Waals surface area contributed by atoms with Gasteiger partial charge in [-0.1, -0.05) is 63.8 Å². The Morgan fingerprint density at radius 3 is 2.07 bits per heavy atom. The van der Waals surface area contributed by atoms with Crippen molar-refractivity contribution in [3.63, 3.8) is 0 Å². The van der Waals surface area contributed by atoms with Crippen LogP contribution in [-0.2, 0) is 13.1 Å². The van der Waals surface area contributed by atoms with Gasteiger partial charge in [0.1, 0.15) is 0 Å². The molecule has 0 N–H and O–H groups in total. The molecule has 1 aliphatic rings. The molecule has 4 heteroatoms. The van der Waals surface area contributed by atoms with Gasteiger partial charge < -0.3 is 0 Å². The maximum Gasteiger partial charge on any atom is 0.254 e. The van der Waals surface area contributed by atoms with E-state index in [2.05, 4.69) is 29.9 Å². The van der Waals surface area contributed by atoms with E-state index in [9.17, 15) is 9.59 Å². The number of unbranched alkanes of at least 4 members (excludes halogenated alkanes) is 6. The molecule has 0 saturated heterocycles. The Bertz CT molecular complexity index is 795. The second-order valence-corrected chi connectivity index (χ2v) is 7.87. The zero-order chi connectivity index (χ0) is 20.1. The molecule has 1 aliphatic carbocycles. The highest BCUT2D eigenvalue weighted by Crippen LogP contribution is 2.27. The lowest BCUT2D eigenvalue weighted by Gasteiger charge is -2.13. The van der Waals surface area contributed by atoms with Crippen molar-refractivity contribution in [2.45, 2.75) is 85.2 Å². The zero-order valence-corrected chi connectivity index (χ0v) is 17.6. The van der Waals surface area contributed by atoms with Gasteiger partial charge in [-0.15, -0.1) is 0 Å². The molecule has 0 fully saturated rings. The van der Waals surface area contributed by atoms with Gasteiger partial charge in [0.05, 0.1) is 13.1 Å². The van der Waals surface area contributed by atoms with Crippen LogP contribution in [0.3, 0.4) is 0 Å². The minimum Gasteiger partial charge on any atom is -0.284 e. The Morgan fingerprint density at radius 1 is 0.821 bits per heavy atom. The lowest BCUT2D eigenvalue weighted by atomic mass is 9.90. The molecule has 0 saturated carbocycles. The van der Waals surface area contributed by atoms with Crippen LogP contribution < -0.4 is 4.57 Å². The Kier molecular flexibility index (Phi) is 6.82. The maximum atomic E-state index is 13.3. The van der Waals surface area contributed by atoms with Gasteiger partial charge in [-0.25, -0.2) is 9.13 Å². The van der Waals surface area contributed by atoms with Crippen LogP contribution in [0.5, 0.6) is 0 Å². The second-order valence-electron chi connectivity index (χ2n) is 7.87. The zero-order valence-electron chi connectivity index (χ0n) is 17.6. The average molecular weight is 382 g/mol. The Labute approximate surface area is 168 Å². The lowest BCUT2D eigenvalue weighted by Crippen LogP contribution is -2.43. The molecule has 0 atom stereocenters. The Balaban J connectivity index is 2.00. The molecule has 28 heavy (non-hydrogen) atoms. The van der Waals surface area contributed by atoms with Crippen molar-refractivity contribution in [3.8, 4) is 0 Å². The standard InChI is InChI=1S/C24H33N2O2/c1-4-6-8-12-16-25-18(3)26(17-13-9-7-5-2)22-21(25)23(27)19-14-10-11-15-20(19)24(22)28/h10-11,14-15H,4-9,12-13,16-17H2,1-3H3/q+1. The molecule has 150 valence electrons. The van der Waals surface area contributed by atoms with E-state index in [-0.39, 0.29) is 11.6 Å².